The van der Waals surface area contributed by atoms with Crippen LogP contribution in [0.25, 0.3) is 11.1 Å². The largest absolute Gasteiger partial charge is 0.394 e. The SMILES string of the molecule is CN(C)C(=O)c1cccc(-c2ccc([C@H]3[C@H]4CN(C(=O)Cc5ccccc5)CC(=O)N4[C@H]3CO)cc2)c1. The molecule has 7 nitrogen and oxygen atoms in total. The van der Waals surface area contributed by atoms with E-state index in [1.54, 1.807) is 34.9 Å². The Morgan fingerprint density at radius 3 is 2.35 bits per heavy atom. The van der Waals surface area contributed by atoms with Crippen molar-refractivity contribution in [3.8, 4) is 11.1 Å². The standard InChI is InChI=1S/C30H31N3O4/c1-31(2)30(37)24-10-6-9-23(16-24)21-11-13-22(14-12-21)29-25-17-32(18-28(36)33(25)26(29)19-34)27(35)15-20-7-4-3-5-8-20/h3-14,16,25-26,29,34H,15,17-19H2,1-2H3/t25-,26+,29+/m1/s1. The number of carbonyl (C=O) groups excluding carboxylic acids is 3. The lowest BCUT2D eigenvalue weighted by Gasteiger charge is -2.58. The Hall–Kier alpha value is -3.97. The van der Waals surface area contributed by atoms with E-state index in [2.05, 4.69) is 0 Å². The third-order valence-corrected chi connectivity index (χ3v) is 7.45. The summed E-state index contributed by atoms with van der Waals surface area (Å²) in [6, 6.07) is 24.7. The molecule has 3 aromatic rings. The molecule has 0 aliphatic carbocycles. The molecule has 5 rings (SSSR count). The molecule has 2 aliphatic heterocycles. The maximum absolute atomic E-state index is 13.0. The summed E-state index contributed by atoms with van der Waals surface area (Å²) in [5.74, 6) is -0.288. The van der Waals surface area contributed by atoms with Crippen LogP contribution in [0.3, 0.4) is 0 Å². The molecule has 7 heteroatoms. The average molecular weight is 498 g/mol. The summed E-state index contributed by atoms with van der Waals surface area (Å²) in [6.45, 7) is 0.378. The van der Waals surface area contributed by atoms with Gasteiger partial charge >= 0.3 is 0 Å². The average Bonchev–Trinajstić information content (AvgIpc) is 2.90. The Labute approximate surface area is 216 Å². The van der Waals surface area contributed by atoms with Gasteiger partial charge in [-0.15, -0.1) is 0 Å². The van der Waals surface area contributed by atoms with Gasteiger partial charge in [0, 0.05) is 32.1 Å². The quantitative estimate of drug-likeness (QED) is 0.568. The fraction of sp³-hybridized carbons (Fsp3) is 0.300. The van der Waals surface area contributed by atoms with E-state index in [4.69, 9.17) is 0 Å². The van der Waals surface area contributed by atoms with Crippen LogP contribution >= 0.6 is 0 Å². The summed E-state index contributed by atoms with van der Waals surface area (Å²) >= 11 is 0. The molecular weight excluding hydrogens is 466 g/mol. The summed E-state index contributed by atoms with van der Waals surface area (Å²) in [5, 5.41) is 10.1. The van der Waals surface area contributed by atoms with Gasteiger partial charge in [0.05, 0.1) is 31.7 Å². The second-order valence-electron chi connectivity index (χ2n) is 9.98. The van der Waals surface area contributed by atoms with Crippen molar-refractivity contribution in [2.24, 2.45) is 0 Å². The van der Waals surface area contributed by atoms with Crippen LogP contribution in [-0.4, -0.2) is 83.4 Å². The van der Waals surface area contributed by atoms with Gasteiger partial charge in [0.15, 0.2) is 0 Å². The first-order valence-corrected chi connectivity index (χ1v) is 12.5. The third-order valence-electron chi connectivity index (χ3n) is 7.45. The van der Waals surface area contributed by atoms with E-state index in [9.17, 15) is 19.5 Å². The monoisotopic (exact) mass is 497 g/mol. The van der Waals surface area contributed by atoms with Crippen LogP contribution in [0.1, 0.15) is 27.4 Å². The molecule has 1 N–H and O–H groups in total. The molecule has 2 fully saturated rings. The van der Waals surface area contributed by atoms with Gasteiger partial charge in [-0.2, -0.15) is 0 Å². The van der Waals surface area contributed by atoms with E-state index in [1.807, 2.05) is 72.8 Å². The van der Waals surface area contributed by atoms with Gasteiger partial charge in [-0.3, -0.25) is 14.4 Å². The zero-order chi connectivity index (χ0) is 26.1. The van der Waals surface area contributed by atoms with E-state index in [0.717, 1.165) is 22.3 Å². The molecule has 37 heavy (non-hydrogen) atoms. The van der Waals surface area contributed by atoms with Gasteiger partial charge in [0.2, 0.25) is 11.8 Å². The van der Waals surface area contributed by atoms with Crippen LogP contribution < -0.4 is 0 Å². The highest BCUT2D eigenvalue weighted by molar-refractivity contribution is 5.95. The van der Waals surface area contributed by atoms with Gasteiger partial charge in [-0.1, -0.05) is 66.7 Å². The zero-order valence-electron chi connectivity index (χ0n) is 21.1. The van der Waals surface area contributed by atoms with Crippen LogP contribution in [0.5, 0.6) is 0 Å². The van der Waals surface area contributed by atoms with Crippen LogP contribution in [-0.2, 0) is 16.0 Å². The number of benzene rings is 3. The summed E-state index contributed by atoms with van der Waals surface area (Å²) in [7, 11) is 3.46. The first-order chi connectivity index (χ1) is 17.9. The molecule has 0 unspecified atom stereocenters. The van der Waals surface area contributed by atoms with Crippen LogP contribution in [0, 0.1) is 0 Å². The van der Waals surface area contributed by atoms with Gasteiger partial charge in [0.25, 0.3) is 5.91 Å². The number of fused-ring (bicyclic) bond motifs is 1. The maximum atomic E-state index is 13.0. The van der Waals surface area contributed by atoms with Crippen molar-refractivity contribution in [1.82, 2.24) is 14.7 Å². The van der Waals surface area contributed by atoms with E-state index in [-0.39, 0.29) is 55.3 Å². The molecule has 0 aromatic heterocycles. The second-order valence-corrected chi connectivity index (χ2v) is 9.98. The molecular formula is C30H31N3O4. The molecule has 2 aliphatic rings. The van der Waals surface area contributed by atoms with Gasteiger partial charge < -0.3 is 19.8 Å². The number of hydrogen-bond acceptors (Lipinski definition) is 4. The van der Waals surface area contributed by atoms with Crippen LogP contribution in [0.2, 0.25) is 0 Å². The lowest BCUT2D eigenvalue weighted by atomic mass is 9.73. The molecule has 190 valence electrons. The van der Waals surface area contributed by atoms with Crippen LogP contribution in [0.4, 0.5) is 0 Å². The van der Waals surface area contributed by atoms with Crippen molar-refractivity contribution in [3.63, 3.8) is 0 Å². The van der Waals surface area contributed by atoms with E-state index in [0.29, 0.717) is 12.1 Å². The van der Waals surface area contributed by atoms with E-state index in [1.165, 1.54) is 0 Å². The molecule has 2 saturated heterocycles. The minimum atomic E-state index is -0.296. The number of aliphatic hydroxyl groups excluding tert-OH is 1. The van der Waals surface area contributed by atoms with Crippen molar-refractivity contribution >= 4 is 17.7 Å². The molecule has 2 heterocycles. The number of rotatable bonds is 6. The van der Waals surface area contributed by atoms with Crippen LogP contribution in [0.15, 0.2) is 78.9 Å². The predicted molar refractivity (Wildman–Crippen MR) is 141 cm³/mol. The summed E-state index contributed by atoms with van der Waals surface area (Å²) in [4.78, 5) is 43.2. The first-order valence-electron chi connectivity index (χ1n) is 12.5. The lowest BCUT2D eigenvalue weighted by Crippen LogP contribution is -2.73. The fourth-order valence-corrected chi connectivity index (χ4v) is 5.56. The second kappa shape index (κ2) is 10.2. The highest BCUT2D eigenvalue weighted by atomic mass is 16.3. The smallest absolute Gasteiger partial charge is 0.253 e. The van der Waals surface area contributed by atoms with Crippen molar-refractivity contribution in [1.29, 1.82) is 0 Å². The molecule has 0 spiro atoms. The topological polar surface area (TPSA) is 81.2 Å². The normalized spacial score (nSPS) is 20.7. The predicted octanol–water partition coefficient (Wildman–Crippen LogP) is 2.80. The third kappa shape index (κ3) is 4.74. The van der Waals surface area contributed by atoms with Crippen molar-refractivity contribution < 1.29 is 19.5 Å². The maximum Gasteiger partial charge on any atom is 0.253 e. The van der Waals surface area contributed by atoms with Crippen molar-refractivity contribution in [2.75, 3.05) is 33.8 Å². The molecule has 3 amide bonds. The number of nitrogens with zero attached hydrogens (tertiary/aromatic N) is 3. The zero-order valence-corrected chi connectivity index (χ0v) is 21.1. The van der Waals surface area contributed by atoms with Gasteiger partial charge in [-0.25, -0.2) is 0 Å². The number of hydrogen-bond donors (Lipinski definition) is 1. The minimum absolute atomic E-state index is 0.0480. The Kier molecular flexibility index (Phi) is 6.80. The Bertz CT molecular complexity index is 1310. The first kappa shape index (κ1) is 24.7. The summed E-state index contributed by atoms with van der Waals surface area (Å²) < 4.78 is 0. The number of piperazine rings is 1. The number of aliphatic hydroxyl groups is 1. The van der Waals surface area contributed by atoms with E-state index >= 15 is 0 Å². The van der Waals surface area contributed by atoms with Gasteiger partial charge in [-0.05, 0) is 34.4 Å². The van der Waals surface area contributed by atoms with Gasteiger partial charge in [0.1, 0.15) is 0 Å². The number of amides is 3. The Balaban J connectivity index is 1.34. The fourth-order valence-electron chi connectivity index (χ4n) is 5.56. The molecule has 3 atom stereocenters. The molecule has 0 bridgehead atoms. The molecule has 3 aromatic carbocycles. The summed E-state index contributed by atoms with van der Waals surface area (Å²) in [6.07, 6.45) is 0.263. The molecule has 0 radical (unpaired) electrons. The Morgan fingerprint density at radius 2 is 1.68 bits per heavy atom. The highest BCUT2D eigenvalue weighted by Crippen LogP contribution is 2.43. The molecule has 0 saturated carbocycles. The van der Waals surface area contributed by atoms with Crippen molar-refractivity contribution in [2.45, 2.75) is 24.4 Å². The highest BCUT2D eigenvalue weighted by Gasteiger charge is 2.54. The Morgan fingerprint density at radius 1 is 0.946 bits per heavy atom. The minimum Gasteiger partial charge on any atom is -0.394 e. The van der Waals surface area contributed by atoms with E-state index < -0.39 is 0 Å². The lowest BCUT2D eigenvalue weighted by molar-refractivity contribution is -0.166. The summed E-state index contributed by atoms with van der Waals surface area (Å²) in [5.41, 5.74) is 4.50. The number of carbonyl (C=O) groups is 3. The van der Waals surface area contributed by atoms with Crippen molar-refractivity contribution in [3.05, 3.63) is 95.6 Å².